The van der Waals surface area contributed by atoms with Crippen LogP contribution < -0.4 is 10.5 Å². The third-order valence-electron chi connectivity index (χ3n) is 2.81. The molecule has 0 saturated heterocycles. The van der Waals surface area contributed by atoms with Crippen LogP contribution in [0.1, 0.15) is 0 Å². The largest absolute Gasteiger partial charge is 0.494 e. The number of rotatable bonds is 2. The molecule has 0 radical (unpaired) electrons. The van der Waals surface area contributed by atoms with Crippen LogP contribution >= 0.6 is 0 Å². The molecule has 0 saturated carbocycles. The quantitative estimate of drug-likeness (QED) is 0.717. The Morgan fingerprint density at radius 2 is 2.05 bits per heavy atom. The van der Waals surface area contributed by atoms with Gasteiger partial charge in [0.2, 0.25) is 5.89 Å². The lowest BCUT2D eigenvalue weighted by molar-refractivity contribution is 0.386. The molecule has 0 aliphatic heterocycles. The van der Waals surface area contributed by atoms with E-state index in [4.69, 9.17) is 14.9 Å². The zero-order chi connectivity index (χ0) is 13.4. The number of aromatic nitrogens is 1. The average Bonchev–Trinajstić information content (AvgIpc) is 2.81. The molecule has 0 atom stereocenters. The number of methoxy groups -OCH3 is 1. The second-order valence-corrected chi connectivity index (χ2v) is 4.10. The summed E-state index contributed by atoms with van der Waals surface area (Å²) < 4.78 is 24.1. The van der Waals surface area contributed by atoms with Gasteiger partial charge in [-0.1, -0.05) is 0 Å². The molecule has 0 aliphatic carbocycles. The molecule has 3 aromatic rings. The Bertz CT molecular complexity index is 752. The van der Waals surface area contributed by atoms with Crippen LogP contribution in [0.25, 0.3) is 22.6 Å². The molecule has 0 amide bonds. The van der Waals surface area contributed by atoms with Gasteiger partial charge in [-0.15, -0.1) is 0 Å². The van der Waals surface area contributed by atoms with Crippen molar-refractivity contribution < 1.29 is 13.5 Å². The highest BCUT2D eigenvalue weighted by atomic mass is 19.1. The standard InChI is InChI=1S/C14H11FN2O2/c1-18-12-5-2-8(6-10(12)15)14-17-11-4-3-9(16)7-13(11)19-14/h2-7H,16H2,1H3. The van der Waals surface area contributed by atoms with E-state index in [-0.39, 0.29) is 5.75 Å². The fraction of sp³-hybridized carbons (Fsp3) is 0.0714. The van der Waals surface area contributed by atoms with Crippen LogP contribution in [0, 0.1) is 5.82 Å². The lowest BCUT2D eigenvalue weighted by Gasteiger charge is -2.02. The van der Waals surface area contributed by atoms with Gasteiger partial charge in [-0.3, -0.25) is 0 Å². The van der Waals surface area contributed by atoms with Gasteiger partial charge in [0.05, 0.1) is 7.11 Å². The number of oxazole rings is 1. The number of nitrogens with zero attached hydrogens (tertiary/aromatic N) is 1. The molecule has 5 heteroatoms. The molecular formula is C14H11FN2O2. The number of anilines is 1. The molecule has 2 aromatic carbocycles. The lowest BCUT2D eigenvalue weighted by Crippen LogP contribution is -1.88. The average molecular weight is 258 g/mol. The van der Waals surface area contributed by atoms with E-state index in [2.05, 4.69) is 4.98 Å². The Labute approximate surface area is 108 Å². The van der Waals surface area contributed by atoms with Crippen molar-refractivity contribution in [2.45, 2.75) is 0 Å². The van der Waals surface area contributed by atoms with Gasteiger partial charge < -0.3 is 14.9 Å². The number of nitrogen functional groups attached to an aromatic ring is 1. The Morgan fingerprint density at radius 3 is 2.79 bits per heavy atom. The molecule has 0 spiro atoms. The third kappa shape index (κ3) is 1.99. The highest BCUT2D eigenvalue weighted by Crippen LogP contribution is 2.28. The van der Waals surface area contributed by atoms with Crippen LogP contribution in [0.2, 0.25) is 0 Å². The molecule has 0 unspecified atom stereocenters. The zero-order valence-electron chi connectivity index (χ0n) is 10.2. The number of fused-ring (bicyclic) bond motifs is 1. The van der Waals surface area contributed by atoms with E-state index in [1.807, 2.05) is 0 Å². The van der Waals surface area contributed by atoms with Gasteiger partial charge in [0.25, 0.3) is 0 Å². The lowest BCUT2D eigenvalue weighted by atomic mass is 10.2. The molecule has 96 valence electrons. The summed E-state index contributed by atoms with van der Waals surface area (Å²) in [5.74, 6) is 0.0769. The van der Waals surface area contributed by atoms with Crippen molar-refractivity contribution in [1.82, 2.24) is 4.98 Å². The maximum atomic E-state index is 13.6. The minimum atomic E-state index is -0.457. The number of hydrogen-bond acceptors (Lipinski definition) is 4. The van der Waals surface area contributed by atoms with Crippen molar-refractivity contribution in [2.24, 2.45) is 0 Å². The monoisotopic (exact) mass is 258 g/mol. The van der Waals surface area contributed by atoms with Crippen LogP contribution in [-0.2, 0) is 0 Å². The minimum absolute atomic E-state index is 0.184. The first-order valence-corrected chi connectivity index (χ1v) is 5.67. The predicted molar refractivity (Wildman–Crippen MR) is 70.4 cm³/mol. The molecule has 0 fully saturated rings. The number of hydrogen-bond donors (Lipinski definition) is 1. The number of benzene rings is 2. The van der Waals surface area contributed by atoms with Gasteiger partial charge in [-0.25, -0.2) is 9.37 Å². The highest BCUT2D eigenvalue weighted by Gasteiger charge is 2.11. The van der Waals surface area contributed by atoms with E-state index < -0.39 is 5.82 Å². The zero-order valence-corrected chi connectivity index (χ0v) is 10.2. The molecule has 19 heavy (non-hydrogen) atoms. The number of halogens is 1. The van der Waals surface area contributed by atoms with Crippen LogP contribution in [-0.4, -0.2) is 12.1 Å². The van der Waals surface area contributed by atoms with Gasteiger partial charge in [0.1, 0.15) is 5.52 Å². The third-order valence-corrected chi connectivity index (χ3v) is 2.81. The molecule has 1 aromatic heterocycles. The van der Waals surface area contributed by atoms with E-state index in [9.17, 15) is 4.39 Å². The summed E-state index contributed by atoms with van der Waals surface area (Å²) in [6.07, 6.45) is 0. The SMILES string of the molecule is COc1ccc(-c2nc3ccc(N)cc3o2)cc1F. The number of nitrogens with two attached hydrogens (primary N) is 1. The van der Waals surface area contributed by atoms with E-state index in [0.717, 1.165) is 0 Å². The van der Waals surface area contributed by atoms with E-state index in [1.54, 1.807) is 24.3 Å². The van der Waals surface area contributed by atoms with Crippen molar-refractivity contribution in [2.75, 3.05) is 12.8 Å². The Hall–Kier alpha value is -2.56. The molecule has 1 heterocycles. The van der Waals surface area contributed by atoms with Gasteiger partial charge in [0.15, 0.2) is 17.1 Å². The topological polar surface area (TPSA) is 61.3 Å². The molecule has 0 bridgehead atoms. The molecule has 4 nitrogen and oxygen atoms in total. The first-order valence-electron chi connectivity index (χ1n) is 5.67. The maximum Gasteiger partial charge on any atom is 0.227 e. The normalized spacial score (nSPS) is 10.8. The van der Waals surface area contributed by atoms with Crippen molar-refractivity contribution in [3.05, 3.63) is 42.2 Å². The maximum absolute atomic E-state index is 13.6. The number of ether oxygens (including phenoxy) is 1. The van der Waals surface area contributed by atoms with Gasteiger partial charge >= 0.3 is 0 Å². The fourth-order valence-corrected chi connectivity index (χ4v) is 1.86. The van der Waals surface area contributed by atoms with Gasteiger partial charge in [-0.05, 0) is 30.3 Å². The molecule has 2 N–H and O–H groups in total. The summed E-state index contributed by atoms with van der Waals surface area (Å²) in [4.78, 5) is 4.29. The Morgan fingerprint density at radius 1 is 1.21 bits per heavy atom. The first-order chi connectivity index (χ1) is 9.17. The van der Waals surface area contributed by atoms with Crippen molar-refractivity contribution in [1.29, 1.82) is 0 Å². The second-order valence-electron chi connectivity index (χ2n) is 4.10. The second kappa shape index (κ2) is 4.28. The van der Waals surface area contributed by atoms with Gasteiger partial charge in [-0.2, -0.15) is 0 Å². The summed E-state index contributed by atoms with van der Waals surface area (Å²) in [7, 11) is 1.42. The van der Waals surface area contributed by atoms with E-state index in [0.29, 0.717) is 28.2 Å². The minimum Gasteiger partial charge on any atom is -0.494 e. The molecule has 3 rings (SSSR count). The molecule has 0 aliphatic rings. The predicted octanol–water partition coefficient (Wildman–Crippen LogP) is 3.22. The van der Waals surface area contributed by atoms with Crippen LogP contribution in [0.5, 0.6) is 5.75 Å². The van der Waals surface area contributed by atoms with Crippen LogP contribution in [0.3, 0.4) is 0 Å². The summed E-state index contributed by atoms with van der Waals surface area (Å²) in [6.45, 7) is 0. The summed E-state index contributed by atoms with van der Waals surface area (Å²) in [6, 6.07) is 9.74. The van der Waals surface area contributed by atoms with Crippen molar-refractivity contribution in [3.63, 3.8) is 0 Å². The van der Waals surface area contributed by atoms with Crippen LogP contribution in [0.15, 0.2) is 40.8 Å². The van der Waals surface area contributed by atoms with Crippen molar-refractivity contribution in [3.8, 4) is 17.2 Å². The van der Waals surface area contributed by atoms with Crippen molar-refractivity contribution >= 4 is 16.8 Å². The first kappa shape index (κ1) is 11.5. The smallest absolute Gasteiger partial charge is 0.227 e. The summed E-state index contributed by atoms with van der Waals surface area (Å²) >= 11 is 0. The van der Waals surface area contributed by atoms with Crippen LogP contribution in [0.4, 0.5) is 10.1 Å². The Balaban J connectivity index is 2.11. The molecular weight excluding hydrogens is 247 g/mol. The van der Waals surface area contributed by atoms with E-state index in [1.165, 1.54) is 19.2 Å². The van der Waals surface area contributed by atoms with E-state index >= 15 is 0 Å². The Kier molecular flexibility index (Phi) is 2.59. The summed E-state index contributed by atoms with van der Waals surface area (Å²) in [5.41, 5.74) is 8.07. The summed E-state index contributed by atoms with van der Waals surface area (Å²) in [5, 5.41) is 0. The fourth-order valence-electron chi connectivity index (χ4n) is 1.86. The highest BCUT2D eigenvalue weighted by molar-refractivity contribution is 5.79. The van der Waals surface area contributed by atoms with Gasteiger partial charge in [0, 0.05) is 17.3 Å².